The van der Waals surface area contributed by atoms with Crippen LogP contribution in [-0.2, 0) is 14.9 Å². The summed E-state index contributed by atoms with van der Waals surface area (Å²) in [5.41, 5.74) is 0. The molecule has 0 heterocycles. The highest BCUT2D eigenvalue weighted by molar-refractivity contribution is 7.85. The molecule has 82 valence electrons. The maximum absolute atomic E-state index is 10.4. The lowest BCUT2D eigenvalue weighted by molar-refractivity contribution is -0.131. The van der Waals surface area contributed by atoms with Crippen molar-refractivity contribution in [1.29, 1.82) is 0 Å². The maximum atomic E-state index is 10.4. The highest BCUT2D eigenvalue weighted by Gasteiger charge is 2.05. The second-order valence-electron chi connectivity index (χ2n) is 2.33. The fourth-order valence-corrected chi connectivity index (χ4v) is 1.09. The lowest BCUT2D eigenvalue weighted by atomic mass is 10.4. The van der Waals surface area contributed by atoms with Crippen LogP contribution in [0, 0.1) is 0 Å². The molecule has 0 radical (unpaired) electrons. The number of hydrogen-bond acceptors (Lipinski definition) is 3. The zero-order valence-electron chi connectivity index (χ0n) is 7.70. The molecule has 1 rings (SSSR count). The van der Waals surface area contributed by atoms with Crippen molar-refractivity contribution in [3.05, 3.63) is 43.0 Å². The molecule has 0 aromatic heterocycles. The van der Waals surface area contributed by atoms with Crippen LogP contribution in [0.15, 0.2) is 47.9 Å². The summed E-state index contributed by atoms with van der Waals surface area (Å²) < 4.78 is 29.2. The first kappa shape index (κ1) is 13.3. The summed E-state index contributed by atoms with van der Waals surface area (Å²) in [6.07, 6.45) is 0.833. The average molecular weight is 230 g/mol. The summed E-state index contributed by atoms with van der Waals surface area (Å²) >= 11 is 0. The van der Waals surface area contributed by atoms with Gasteiger partial charge in [0, 0.05) is 6.08 Å². The normalized spacial score (nSPS) is 9.67. The molecule has 1 aromatic rings. The van der Waals surface area contributed by atoms with E-state index in [0.717, 1.165) is 6.08 Å². The molecule has 0 saturated heterocycles. The predicted molar refractivity (Wildman–Crippen MR) is 54.1 cm³/mol. The van der Waals surface area contributed by atoms with Crippen molar-refractivity contribution in [2.24, 2.45) is 0 Å². The Morgan fingerprint density at radius 2 is 1.67 bits per heavy atom. The molecule has 0 saturated carbocycles. The van der Waals surface area contributed by atoms with Gasteiger partial charge in [0.15, 0.2) is 0 Å². The summed E-state index contributed by atoms with van der Waals surface area (Å²) in [5, 5.41) is 7.60. The SMILES string of the molecule is C=CC(=O)O.O=S(=O)(O)c1ccccc1. The van der Waals surface area contributed by atoms with Gasteiger partial charge in [0.1, 0.15) is 0 Å². The summed E-state index contributed by atoms with van der Waals surface area (Å²) in [5.74, 6) is -0.981. The molecular weight excluding hydrogens is 220 g/mol. The number of carboxylic acid groups (broad SMARTS) is 1. The molecule has 0 aliphatic rings. The van der Waals surface area contributed by atoms with Crippen LogP contribution in [-0.4, -0.2) is 24.0 Å². The molecule has 2 N–H and O–H groups in total. The Hall–Kier alpha value is -1.66. The number of benzene rings is 1. The fourth-order valence-electron chi connectivity index (χ4n) is 0.592. The largest absolute Gasteiger partial charge is 0.478 e. The molecule has 5 nitrogen and oxygen atoms in total. The first-order valence-corrected chi connectivity index (χ1v) is 5.20. The molecule has 0 aliphatic carbocycles. The Morgan fingerprint density at radius 1 is 1.27 bits per heavy atom. The smallest absolute Gasteiger partial charge is 0.327 e. The van der Waals surface area contributed by atoms with Gasteiger partial charge in [-0.3, -0.25) is 4.55 Å². The van der Waals surface area contributed by atoms with Crippen molar-refractivity contribution in [2.75, 3.05) is 0 Å². The first-order chi connectivity index (χ1) is 6.88. The van der Waals surface area contributed by atoms with Crippen molar-refractivity contribution >= 4 is 16.1 Å². The van der Waals surface area contributed by atoms with Crippen molar-refractivity contribution in [3.8, 4) is 0 Å². The van der Waals surface area contributed by atoms with Gasteiger partial charge in [0.05, 0.1) is 4.90 Å². The zero-order chi connectivity index (χ0) is 11.9. The van der Waals surface area contributed by atoms with Gasteiger partial charge in [0.25, 0.3) is 10.1 Å². The van der Waals surface area contributed by atoms with Crippen LogP contribution in [0.5, 0.6) is 0 Å². The third-order valence-electron chi connectivity index (χ3n) is 1.22. The molecule has 0 fully saturated rings. The van der Waals surface area contributed by atoms with Gasteiger partial charge in [-0.1, -0.05) is 24.8 Å². The Morgan fingerprint density at radius 3 is 1.87 bits per heavy atom. The van der Waals surface area contributed by atoms with Crippen molar-refractivity contribution in [1.82, 2.24) is 0 Å². The highest BCUT2D eigenvalue weighted by atomic mass is 32.2. The number of hydrogen-bond donors (Lipinski definition) is 2. The lowest BCUT2D eigenvalue weighted by Gasteiger charge is -1.92. The van der Waals surface area contributed by atoms with E-state index < -0.39 is 16.1 Å². The minimum atomic E-state index is -4.00. The lowest BCUT2D eigenvalue weighted by Crippen LogP contribution is -1.96. The van der Waals surface area contributed by atoms with E-state index in [1.54, 1.807) is 18.2 Å². The molecule has 1 aromatic carbocycles. The fraction of sp³-hybridized carbons (Fsp3) is 0. The van der Waals surface area contributed by atoms with Crippen LogP contribution >= 0.6 is 0 Å². The van der Waals surface area contributed by atoms with Crippen LogP contribution in [0.4, 0.5) is 0 Å². The molecule has 0 atom stereocenters. The van der Waals surface area contributed by atoms with Crippen LogP contribution in [0.25, 0.3) is 0 Å². The minimum absolute atomic E-state index is 0.0741. The Balaban J connectivity index is 0.000000336. The van der Waals surface area contributed by atoms with Crippen LogP contribution < -0.4 is 0 Å². The van der Waals surface area contributed by atoms with Crippen molar-refractivity contribution in [2.45, 2.75) is 4.90 Å². The topological polar surface area (TPSA) is 91.7 Å². The Labute approximate surface area is 87.4 Å². The molecule has 0 bridgehead atoms. The quantitative estimate of drug-likeness (QED) is 0.588. The van der Waals surface area contributed by atoms with E-state index >= 15 is 0 Å². The molecule has 0 aliphatic heterocycles. The van der Waals surface area contributed by atoms with E-state index in [9.17, 15) is 13.2 Å². The third kappa shape index (κ3) is 6.42. The number of rotatable bonds is 2. The van der Waals surface area contributed by atoms with Crippen molar-refractivity contribution < 1.29 is 22.9 Å². The highest BCUT2D eigenvalue weighted by Crippen LogP contribution is 2.05. The van der Waals surface area contributed by atoms with Crippen LogP contribution in [0.1, 0.15) is 0 Å². The van der Waals surface area contributed by atoms with Crippen LogP contribution in [0.3, 0.4) is 0 Å². The second kappa shape index (κ2) is 5.94. The van der Waals surface area contributed by atoms with E-state index in [0.29, 0.717) is 0 Å². The van der Waals surface area contributed by atoms with Gasteiger partial charge < -0.3 is 5.11 Å². The third-order valence-corrected chi connectivity index (χ3v) is 2.08. The maximum Gasteiger partial charge on any atom is 0.327 e. The summed E-state index contributed by atoms with van der Waals surface area (Å²) in [6.45, 7) is 2.96. The summed E-state index contributed by atoms with van der Waals surface area (Å²) in [7, 11) is -4.00. The van der Waals surface area contributed by atoms with E-state index in [1.165, 1.54) is 12.1 Å². The summed E-state index contributed by atoms with van der Waals surface area (Å²) in [4.78, 5) is 9.18. The van der Waals surface area contributed by atoms with E-state index in [1.807, 2.05) is 0 Å². The number of carbonyl (C=O) groups is 1. The monoisotopic (exact) mass is 230 g/mol. The van der Waals surface area contributed by atoms with E-state index in [4.69, 9.17) is 9.66 Å². The number of aliphatic carboxylic acids is 1. The predicted octanol–water partition coefficient (Wildman–Crippen LogP) is 1.19. The minimum Gasteiger partial charge on any atom is -0.478 e. The zero-order valence-corrected chi connectivity index (χ0v) is 8.52. The molecule has 15 heavy (non-hydrogen) atoms. The molecular formula is C9H10O5S. The van der Waals surface area contributed by atoms with Gasteiger partial charge in [0.2, 0.25) is 0 Å². The first-order valence-electron chi connectivity index (χ1n) is 3.76. The molecule has 6 heteroatoms. The van der Waals surface area contributed by atoms with Gasteiger partial charge in [-0.25, -0.2) is 4.79 Å². The number of carboxylic acids is 1. The van der Waals surface area contributed by atoms with Gasteiger partial charge >= 0.3 is 5.97 Å². The Bertz CT molecular complexity index is 421. The van der Waals surface area contributed by atoms with Gasteiger partial charge in [-0.05, 0) is 12.1 Å². The van der Waals surface area contributed by atoms with E-state index in [-0.39, 0.29) is 4.90 Å². The molecule has 0 unspecified atom stereocenters. The molecule has 0 spiro atoms. The second-order valence-corrected chi connectivity index (χ2v) is 3.75. The van der Waals surface area contributed by atoms with Crippen LogP contribution in [0.2, 0.25) is 0 Å². The van der Waals surface area contributed by atoms with Gasteiger partial charge in [-0.15, -0.1) is 0 Å². The molecule has 0 amide bonds. The Kier molecular flexibility index (Phi) is 5.29. The summed E-state index contributed by atoms with van der Waals surface area (Å²) in [6, 6.07) is 7.42. The average Bonchev–Trinajstić information content (AvgIpc) is 2.19. The standard InChI is InChI=1S/C6H6O3S.C3H4O2/c7-10(8,9)6-4-2-1-3-5-6;1-2-3(4)5/h1-5H,(H,7,8,9);2H,1H2,(H,4,5). The van der Waals surface area contributed by atoms with Crippen molar-refractivity contribution in [3.63, 3.8) is 0 Å². The van der Waals surface area contributed by atoms with Gasteiger partial charge in [-0.2, -0.15) is 8.42 Å². The van der Waals surface area contributed by atoms with E-state index in [2.05, 4.69) is 6.58 Å².